The largest absolute Gasteiger partial charge is 0.412 e. The highest BCUT2D eigenvalue weighted by atomic mass is 35.5. The molecule has 0 aromatic heterocycles. The molecular weight excluding hydrogens is 249 g/mol. The van der Waals surface area contributed by atoms with Gasteiger partial charge in [-0.15, -0.1) is 0 Å². The second kappa shape index (κ2) is 6.41. The van der Waals surface area contributed by atoms with E-state index in [2.05, 4.69) is 26.1 Å². The van der Waals surface area contributed by atoms with Gasteiger partial charge in [-0.05, 0) is 24.7 Å². The van der Waals surface area contributed by atoms with Crippen molar-refractivity contribution in [2.45, 2.75) is 50.7 Å². The molecule has 0 radical (unpaired) electrons. The predicted octanol–water partition coefficient (Wildman–Crippen LogP) is 2.29. The minimum atomic E-state index is -0.903. The van der Waals surface area contributed by atoms with E-state index in [1.165, 1.54) is 6.42 Å². The highest BCUT2D eigenvalue weighted by Crippen LogP contribution is 2.40. The number of halogens is 2. The van der Waals surface area contributed by atoms with Crippen molar-refractivity contribution in [1.82, 2.24) is 5.32 Å². The Bertz CT molecular complexity index is 210. The molecule has 0 aromatic carbocycles. The summed E-state index contributed by atoms with van der Waals surface area (Å²) in [6.45, 7) is 6.41. The topological polar surface area (TPSA) is 63.8 Å². The Labute approximate surface area is 108 Å². The van der Waals surface area contributed by atoms with E-state index in [1.807, 2.05) is 0 Å². The third-order valence-electron chi connectivity index (χ3n) is 3.41. The van der Waals surface area contributed by atoms with E-state index in [1.54, 1.807) is 0 Å². The molecule has 0 amide bonds. The van der Waals surface area contributed by atoms with Gasteiger partial charge < -0.3 is 10.6 Å². The molecule has 4 N–H and O–H groups in total. The summed E-state index contributed by atoms with van der Waals surface area (Å²) in [4.78, 5) is -0.707. The van der Waals surface area contributed by atoms with Gasteiger partial charge in [-0.1, -0.05) is 50.4 Å². The van der Waals surface area contributed by atoms with Gasteiger partial charge in [0, 0.05) is 5.92 Å². The fraction of sp³-hybridized carbons (Fsp3) is 1.00. The molecule has 3 atom stereocenters. The molecule has 1 saturated carbocycles. The van der Waals surface area contributed by atoms with Crippen LogP contribution in [0, 0.1) is 17.8 Å². The molecule has 0 saturated heterocycles. The number of rotatable bonds is 3. The van der Waals surface area contributed by atoms with Crippen LogP contribution >= 0.6 is 23.2 Å². The lowest BCUT2D eigenvalue weighted by Gasteiger charge is -2.45. The molecule has 1 aliphatic carbocycles. The lowest BCUT2D eigenvalue weighted by molar-refractivity contribution is -0.104. The first kappa shape index (κ1) is 16.5. The van der Waals surface area contributed by atoms with Crippen LogP contribution in [0.1, 0.15) is 40.0 Å². The SMILES string of the molecule is CC1CCC(C(C)C)C(O)(NC(Cl)Cl)C1.O. The summed E-state index contributed by atoms with van der Waals surface area (Å²) in [5.74, 6) is 1.18. The maximum Gasteiger partial charge on any atom is 0.160 e. The van der Waals surface area contributed by atoms with Crippen LogP contribution in [-0.2, 0) is 0 Å². The number of nitrogens with one attached hydrogen (secondary N) is 1. The van der Waals surface area contributed by atoms with E-state index in [0.717, 1.165) is 12.8 Å². The minimum Gasteiger partial charge on any atom is -0.412 e. The normalized spacial score (nSPS) is 35.2. The van der Waals surface area contributed by atoms with Crippen molar-refractivity contribution in [3.63, 3.8) is 0 Å². The van der Waals surface area contributed by atoms with Crippen LogP contribution < -0.4 is 5.32 Å². The van der Waals surface area contributed by atoms with Crippen LogP contribution in [0.15, 0.2) is 0 Å². The molecule has 3 nitrogen and oxygen atoms in total. The molecule has 5 heteroatoms. The van der Waals surface area contributed by atoms with E-state index in [9.17, 15) is 5.11 Å². The Morgan fingerprint density at radius 3 is 2.31 bits per heavy atom. The van der Waals surface area contributed by atoms with Crippen molar-refractivity contribution in [2.24, 2.45) is 17.8 Å². The fourth-order valence-corrected chi connectivity index (χ4v) is 3.11. The molecule has 0 heterocycles. The maximum atomic E-state index is 10.6. The smallest absolute Gasteiger partial charge is 0.160 e. The Morgan fingerprint density at radius 1 is 1.31 bits per heavy atom. The molecular formula is C11H23Cl2NO2. The lowest BCUT2D eigenvalue weighted by atomic mass is 9.71. The summed E-state index contributed by atoms with van der Waals surface area (Å²) in [6, 6.07) is 0. The third kappa shape index (κ3) is 4.04. The van der Waals surface area contributed by atoms with E-state index in [-0.39, 0.29) is 11.4 Å². The molecule has 98 valence electrons. The molecule has 3 unspecified atom stereocenters. The minimum absolute atomic E-state index is 0. The van der Waals surface area contributed by atoms with Gasteiger partial charge in [-0.3, -0.25) is 5.32 Å². The van der Waals surface area contributed by atoms with Gasteiger partial charge >= 0.3 is 0 Å². The molecule has 0 aromatic rings. The van der Waals surface area contributed by atoms with E-state index >= 15 is 0 Å². The summed E-state index contributed by atoms with van der Waals surface area (Å²) < 4.78 is 0. The summed E-state index contributed by atoms with van der Waals surface area (Å²) in [5, 5.41) is 13.5. The zero-order chi connectivity index (χ0) is 11.6. The van der Waals surface area contributed by atoms with Crippen LogP contribution in [-0.4, -0.2) is 21.3 Å². The van der Waals surface area contributed by atoms with Crippen molar-refractivity contribution < 1.29 is 10.6 Å². The quantitative estimate of drug-likeness (QED) is 0.470. The van der Waals surface area contributed by atoms with E-state index in [0.29, 0.717) is 11.8 Å². The summed E-state index contributed by atoms with van der Waals surface area (Å²) >= 11 is 11.4. The van der Waals surface area contributed by atoms with Crippen LogP contribution in [0.2, 0.25) is 0 Å². The number of hydrogen-bond donors (Lipinski definition) is 2. The monoisotopic (exact) mass is 271 g/mol. The van der Waals surface area contributed by atoms with Gasteiger partial charge in [-0.25, -0.2) is 0 Å². The molecule has 0 spiro atoms. The first-order valence-corrected chi connectivity index (χ1v) is 6.50. The Kier molecular flexibility index (Phi) is 6.59. The Morgan fingerprint density at radius 2 is 1.88 bits per heavy atom. The maximum absolute atomic E-state index is 10.6. The van der Waals surface area contributed by atoms with Crippen molar-refractivity contribution in [1.29, 1.82) is 0 Å². The molecule has 1 rings (SSSR count). The van der Waals surface area contributed by atoms with Crippen LogP contribution in [0.25, 0.3) is 0 Å². The highest BCUT2D eigenvalue weighted by Gasteiger charge is 2.43. The second-order valence-electron chi connectivity index (χ2n) is 5.11. The van der Waals surface area contributed by atoms with Gasteiger partial charge in [0.1, 0.15) is 5.72 Å². The molecule has 1 fully saturated rings. The third-order valence-corrected chi connectivity index (χ3v) is 3.63. The Balaban J connectivity index is 0.00000225. The number of hydrogen-bond acceptors (Lipinski definition) is 2. The van der Waals surface area contributed by atoms with E-state index < -0.39 is 10.7 Å². The first-order chi connectivity index (χ1) is 6.85. The lowest BCUT2D eigenvalue weighted by Crippen LogP contribution is -2.57. The average Bonchev–Trinajstić information content (AvgIpc) is 1.99. The number of aliphatic hydroxyl groups is 1. The van der Waals surface area contributed by atoms with Crippen molar-refractivity contribution in [2.75, 3.05) is 0 Å². The molecule has 0 aliphatic heterocycles. The van der Waals surface area contributed by atoms with Gasteiger partial charge in [-0.2, -0.15) is 0 Å². The molecule has 16 heavy (non-hydrogen) atoms. The second-order valence-corrected chi connectivity index (χ2v) is 6.20. The van der Waals surface area contributed by atoms with Gasteiger partial charge in [0.25, 0.3) is 0 Å². The van der Waals surface area contributed by atoms with Crippen molar-refractivity contribution >= 4 is 23.2 Å². The van der Waals surface area contributed by atoms with Gasteiger partial charge in [0.05, 0.1) is 0 Å². The van der Waals surface area contributed by atoms with Crippen LogP contribution in [0.5, 0.6) is 0 Å². The summed E-state index contributed by atoms with van der Waals surface area (Å²) in [6.07, 6.45) is 2.93. The van der Waals surface area contributed by atoms with Crippen molar-refractivity contribution in [3.8, 4) is 0 Å². The zero-order valence-electron chi connectivity index (χ0n) is 10.1. The highest BCUT2D eigenvalue weighted by molar-refractivity contribution is 6.43. The van der Waals surface area contributed by atoms with Crippen molar-refractivity contribution in [3.05, 3.63) is 0 Å². The van der Waals surface area contributed by atoms with E-state index in [4.69, 9.17) is 23.2 Å². The molecule has 0 bridgehead atoms. The average molecular weight is 272 g/mol. The van der Waals surface area contributed by atoms with Crippen LogP contribution in [0.3, 0.4) is 0 Å². The summed E-state index contributed by atoms with van der Waals surface area (Å²) in [7, 11) is 0. The first-order valence-electron chi connectivity index (χ1n) is 5.63. The van der Waals surface area contributed by atoms with Crippen LogP contribution in [0.4, 0.5) is 0 Å². The predicted molar refractivity (Wildman–Crippen MR) is 68.5 cm³/mol. The standard InChI is InChI=1S/C11H21Cl2NO.H2O/c1-7(2)9-5-4-8(3)6-11(9,15)14-10(12)13;/h7-10,14-15H,4-6H2,1-3H3;1H2. The fourth-order valence-electron chi connectivity index (χ4n) is 2.73. The Hall–Kier alpha value is 0.460. The molecule has 1 aliphatic rings. The summed E-state index contributed by atoms with van der Waals surface area (Å²) in [5.41, 5.74) is -0.903. The van der Waals surface area contributed by atoms with Gasteiger partial charge in [0.15, 0.2) is 4.96 Å². The van der Waals surface area contributed by atoms with Gasteiger partial charge in [0.2, 0.25) is 0 Å². The zero-order valence-corrected chi connectivity index (χ0v) is 11.6. The number of alkyl halides is 2.